The fourth-order valence-electron chi connectivity index (χ4n) is 5.03. The third-order valence-corrected chi connectivity index (χ3v) is 8.92. The molecule has 0 bridgehead atoms. The molecule has 0 atom stereocenters. The minimum Gasteiger partial charge on any atom is -0.488 e. The van der Waals surface area contributed by atoms with E-state index in [2.05, 4.69) is 52.9 Å². The highest BCUT2D eigenvalue weighted by Gasteiger charge is 2.37. The second kappa shape index (κ2) is 11.5. The van der Waals surface area contributed by atoms with Crippen LogP contribution in [-0.2, 0) is 29.2 Å². The van der Waals surface area contributed by atoms with Crippen molar-refractivity contribution in [2.45, 2.75) is 19.6 Å². The number of hydrogen-bond donors (Lipinski definition) is 0. The van der Waals surface area contributed by atoms with E-state index < -0.39 is 11.1 Å². The minimum atomic E-state index is -0.438. The summed E-state index contributed by atoms with van der Waals surface area (Å²) in [5, 5.41) is 1.91. The maximum atomic E-state index is 13.1. The van der Waals surface area contributed by atoms with Gasteiger partial charge in [0.1, 0.15) is 18.9 Å². The predicted molar refractivity (Wildman–Crippen MR) is 166 cm³/mol. The zero-order chi connectivity index (χ0) is 27.6. The van der Waals surface area contributed by atoms with Gasteiger partial charge < -0.3 is 9.64 Å². The lowest BCUT2D eigenvalue weighted by molar-refractivity contribution is -0.136. The highest BCUT2D eigenvalue weighted by atomic mass is 127. The number of carbonyl (C=O) groups is 3. The third kappa shape index (κ3) is 5.51. The van der Waals surface area contributed by atoms with Crippen LogP contribution in [0.5, 0.6) is 5.75 Å². The SMILES string of the molecule is O=C(CN1C(=O)S/C(=C\c2ccc(OCc3cccc4ccccc34)c(I)c2)C1=O)N1CCc2ccccc2C1. The van der Waals surface area contributed by atoms with Gasteiger partial charge in [0.05, 0.1) is 8.48 Å². The molecule has 4 aromatic rings. The molecule has 0 spiro atoms. The summed E-state index contributed by atoms with van der Waals surface area (Å²) in [6.45, 7) is 1.26. The normalized spacial score (nSPS) is 16.1. The Bertz CT molecular complexity index is 1680. The topological polar surface area (TPSA) is 66.9 Å². The molecule has 0 radical (unpaired) electrons. The molecule has 2 aliphatic heterocycles. The van der Waals surface area contributed by atoms with Crippen molar-refractivity contribution in [1.82, 2.24) is 9.80 Å². The molecule has 200 valence electrons. The van der Waals surface area contributed by atoms with E-state index in [1.54, 1.807) is 11.0 Å². The summed E-state index contributed by atoms with van der Waals surface area (Å²) in [6, 6.07) is 28.1. The summed E-state index contributed by atoms with van der Waals surface area (Å²) < 4.78 is 7.02. The van der Waals surface area contributed by atoms with Gasteiger partial charge in [-0.1, -0.05) is 72.8 Å². The lowest BCUT2D eigenvalue weighted by atomic mass is 10.00. The third-order valence-electron chi connectivity index (χ3n) is 7.17. The smallest absolute Gasteiger partial charge is 0.294 e. The van der Waals surface area contributed by atoms with Gasteiger partial charge in [-0.25, -0.2) is 0 Å². The largest absolute Gasteiger partial charge is 0.488 e. The predicted octanol–water partition coefficient (Wildman–Crippen LogP) is 6.64. The summed E-state index contributed by atoms with van der Waals surface area (Å²) in [5.41, 5.74) is 4.23. The maximum absolute atomic E-state index is 13.1. The Labute approximate surface area is 250 Å². The maximum Gasteiger partial charge on any atom is 0.294 e. The first kappa shape index (κ1) is 26.6. The summed E-state index contributed by atoms with van der Waals surface area (Å²) in [5.74, 6) is 0.0832. The van der Waals surface area contributed by atoms with Gasteiger partial charge in [0, 0.05) is 13.1 Å². The minimum absolute atomic E-state index is 0.222. The number of nitrogens with zero attached hydrogens (tertiary/aromatic N) is 2. The van der Waals surface area contributed by atoms with Crippen molar-refractivity contribution in [2.24, 2.45) is 0 Å². The molecular formula is C32H25IN2O4S. The number of halogens is 1. The number of carbonyl (C=O) groups excluding carboxylic acids is 3. The fraction of sp³-hybridized carbons (Fsp3) is 0.156. The van der Waals surface area contributed by atoms with Gasteiger partial charge in [-0.2, -0.15) is 0 Å². The summed E-state index contributed by atoms with van der Waals surface area (Å²) in [4.78, 5) is 41.8. The number of benzene rings is 4. The molecule has 8 heteroatoms. The van der Waals surface area contributed by atoms with Crippen LogP contribution in [-0.4, -0.2) is 39.9 Å². The van der Waals surface area contributed by atoms with Crippen LogP contribution in [0.1, 0.15) is 22.3 Å². The molecule has 1 saturated heterocycles. The molecule has 6 rings (SSSR count). The van der Waals surface area contributed by atoms with Gasteiger partial charge in [-0.15, -0.1) is 0 Å². The second-order valence-electron chi connectivity index (χ2n) is 9.72. The van der Waals surface area contributed by atoms with E-state index in [4.69, 9.17) is 4.74 Å². The standard InChI is InChI=1S/C32H25IN2O4S/c33-27-16-21(12-13-28(27)39-20-25-10-5-9-23-7-3-4-11-26(23)25)17-29-31(37)35(32(38)40-29)19-30(36)34-15-14-22-6-1-2-8-24(22)18-34/h1-13,16-17H,14-15,18-20H2/b29-17-. The van der Waals surface area contributed by atoms with Crippen LogP contribution < -0.4 is 4.74 Å². The van der Waals surface area contributed by atoms with Crippen molar-refractivity contribution in [3.8, 4) is 5.75 Å². The Balaban J connectivity index is 1.11. The van der Waals surface area contributed by atoms with Gasteiger partial charge in [0.2, 0.25) is 5.91 Å². The van der Waals surface area contributed by atoms with Gasteiger partial charge in [-0.05, 0) is 92.0 Å². The van der Waals surface area contributed by atoms with Gasteiger partial charge in [0.25, 0.3) is 11.1 Å². The molecule has 0 aliphatic carbocycles. The average molecular weight is 661 g/mol. The Morgan fingerprint density at radius 3 is 2.58 bits per heavy atom. The summed E-state index contributed by atoms with van der Waals surface area (Å²) in [6.07, 6.45) is 2.47. The Hall–Kier alpha value is -3.63. The molecule has 6 nitrogen and oxygen atoms in total. The lowest BCUT2D eigenvalue weighted by Gasteiger charge is -2.29. The van der Waals surface area contributed by atoms with Crippen molar-refractivity contribution >= 4 is 68.3 Å². The van der Waals surface area contributed by atoms with Crippen LogP contribution in [0.4, 0.5) is 4.79 Å². The van der Waals surface area contributed by atoms with Crippen molar-refractivity contribution in [3.63, 3.8) is 0 Å². The van der Waals surface area contributed by atoms with E-state index in [-0.39, 0.29) is 12.5 Å². The number of rotatable bonds is 6. The highest BCUT2D eigenvalue weighted by Crippen LogP contribution is 2.34. The molecule has 2 heterocycles. The van der Waals surface area contributed by atoms with Crippen LogP contribution in [0, 0.1) is 3.57 Å². The van der Waals surface area contributed by atoms with Gasteiger partial charge in [-0.3, -0.25) is 19.3 Å². The van der Waals surface area contributed by atoms with E-state index in [0.717, 1.165) is 54.5 Å². The average Bonchev–Trinajstić information content (AvgIpc) is 3.23. The lowest BCUT2D eigenvalue weighted by Crippen LogP contribution is -2.44. The first-order valence-corrected chi connectivity index (χ1v) is 14.8. The number of hydrogen-bond acceptors (Lipinski definition) is 5. The summed E-state index contributed by atoms with van der Waals surface area (Å²) >= 11 is 3.08. The molecule has 40 heavy (non-hydrogen) atoms. The van der Waals surface area contributed by atoms with E-state index >= 15 is 0 Å². The Kier molecular flexibility index (Phi) is 7.62. The zero-order valence-corrected chi connectivity index (χ0v) is 24.5. The second-order valence-corrected chi connectivity index (χ2v) is 11.9. The first-order chi connectivity index (χ1) is 19.5. The fourth-order valence-corrected chi connectivity index (χ4v) is 6.56. The van der Waals surface area contributed by atoms with Crippen molar-refractivity contribution in [2.75, 3.05) is 13.1 Å². The monoisotopic (exact) mass is 660 g/mol. The Morgan fingerprint density at radius 1 is 0.950 bits per heavy atom. The number of thioether (sulfide) groups is 1. The molecule has 4 aromatic carbocycles. The number of fused-ring (bicyclic) bond motifs is 2. The Morgan fingerprint density at radius 2 is 1.73 bits per heavy atom. The number of ether oxygens (including phenoxy) is 1. The molecule has 0 saturated carbocycles. The van der Waals surface area contributed by atoms with Crippen LogP contribution in [0.2, 0.25) is 0 Å². The molecule has 3 amide bonds. The van der Waals surface area contributed by atoms with Crippen LogP contribution in [0.3, 0.4) is 0 Å². The van der Waals surface area contributed by atoms with Gasteiger partial charge >= 0.3 is 0 Å². The van der Waals surface area contributed by atoms with Crippen LogP contribution >= 0.6 is 34.4 Å². The quantitative estimate of drug-likeness (QED) is 0.171. The van der Waals surface area contributed by atoms with Gasteiger partial charge in [0.15, 0.2) is 0 Å². The molecule has 0 N–H and O–H groups in total. The number of imide groups is 1. The summed E-state index contributed by atoms with van der Waals surface area (Å²) in [7, 11) is 0. The zero-order valence-electron chi connectivity index (χ0n) is 21.5. The van der Waals surface area contributed by atoms with E-state index in [1.807, 2.05) is 54.6 Å². The molecule has 0 unspecified atom stereocenters. The van der Waals surface area contributed by atoms with E-state index in [0.29, 0.717) is 24.6 Å². The molecule has 2 aliphatic rings. The van der Waals surface area contributed by atoms with E-state index in [9.17, 15) is 14.4 Å². The van der Waals surface area contributed by atoms with Crippen molar-refractivity contribution in [1.29, 1.82) is 0 Å². The highest BCUT2D eigenvalue weighted by molar-refractivity contribution is 14.1. The molecular weight excluding hydrogens is 635 g/mol. The van der Waals surface area contributed by atoms with E-state index in [1.165, 1.54) is 10.9 Å². The van der Waals surface area contributed by atoms with Crippen molar-refractivity contribution in [3.05, 3.63) is 116 Å². The molecule has 1 fully saturated rings. The number of amides is 3. The van der Waals surface area contributed by atoms with Crippen molar-refractivity contribution < 1.29 is 19.1 Å². The van der Waals surface area contributed by atoms with Crippen LogP contribution in [0.15, 0.2) is 89.8 Å². The first-order valence-electron chi connectivity index (χ1n) is 13.0. The molecule has 0 aromatic heterocycles. The van der Waals surface area contributed by atoms with Crippen LogP contribution in [0.25, 0.3) is 16.8 Å².